The number of anilines is 1. The molecule has 2 aromatic rings. The summed E-state index contributed by atoms with van der Waals surface area (Å²) in [5.41, 5.74) is 2.36. The molecule has 29 heavy (non-hydrogen) atoms. The summed E-state index contributed by atoms with van der Waals surface area (Å²) in [5, 5.41) is 12.0. The summed E-state index contributed by atoms with van der Waals surface area (Å²) in [7, 11) is 0. The molecule has 1 aliphatic rings. The Morgan fingerprint density at radius 1 is 1.14 bits per heavy atom. The molecule has 1 aromatic carbocycles. The summed E-state index contributed by atoms with van der Waals surface area (Å²) in [6.45, 7) is 6.15. The molecule has 0 saturated heterocycles. The Hall–Kier alpha value is -3.07. The third-order valence-corrected chi connectivity index (χ3v) is 5.42. The van der Waals surface area contributed by atoms with E-state index < -0.39 is 0 Å². The van der Waals surface area contributed by atoms with Crippen LogP contribution in [0.3, 0.4) is 0 Å². The molecule has 3 rings (SSSR count). The minimum Gasteiger partial charge on any atom is -0.474 e. The molecule has 1 fully saturated rings. The molecular formula is C23H28N4O2. The van der Waals surface area contributed by atoms with Crippen molar-refractivity contribution in [2.24, 2.45) is 0 Å². The maximum Gasteiger partial charge on any atom is 0.251 e. The zero-order valence-corrected chi connectivity index (χ0v) is 17.1. The summed E-state index contributed by atoms with van der Waals surface area (Å²) in [6, 6.07) is 13.5. The summed E-state index contributed by atoms with van der Waals surface area (Å²) in [4.78, 5) is 19.0. The summed E-state index contributed by atoms with van der Waals surface area (Å²) < 4.78 is 5.91. The van der Waals surface area contributed by atoms with Gasteiger partial charge in [-0.1, -0.05) is 0 Å². The lowest BCUT2D eigenvalue weighted by molar-refractivity contribution is 0.0890. The van der Waals surface area contributed by atoms with E-state index in [1.807, 2.05) is 30.3 Å². The normalized spacial score (nSPS) is 18.5. The number of ether oxygens (including phenoxy) is 1. The number of nitrogens with one attached hydrogen (secondary N) is 1. The van der Waals surface area contributed by atoms with Crippen molar-refractivity contribution >= 4 is 11.6 Å². The molecule has 0 aliphatic heterocycles. The first-order valence-corrected chi connectivity index (χ1v) is 10.3. The molecule has 0 radical (unpaired) electrons. The predicted molar refractivity (Wildman–Crippen MR) is 113 cm³/mol. The number of aromatic nitrogens is 1. The molecule has 1 heterocycles. The van der Waals surface area contributed by atoms with Crippen LogP contribution in [0.2, 0.25) is 0 Å². The van der Waals surface area contributed by atoms with Crippen LogP contribution >= 0.6 is 0 Å². The van der Waals surface area contributed by atoms with E-state index in [4.69, 9.17) is 10.00 Å². The van der Waals surface area contributed by atoms with Gasteiger partial charge in [0.15, 0.2) is 0 Å². The third-order valence-electron chi connectivity index (χ3n) is 5.42. The van der Waals surface area contributed by atoms with Gasteiger partial charge < -0.3 is 15.0 Å². The van der Waals surface area contributed by atoms with Crippen molar-refractivity contribution in [2.45, 2.75) is 51.7 Å². The minimum absolute atomic E-state index is 0.0192. The van der Waals surface area contributed by atoms with Gasteiger partial charge in [0.1, 0.15) is 12.2 Å². The molecule has 0 bridgehead atoms. The highest BCUT2D eigenvalue weighted by Crippen LogP contribution is 2.23. The number of benzene rings is 1. The molecule has 0 spiro atoms. The van der Waals surface area contributed by atoms with Crippen LogP contribution in [0.4, 0.5) is 5.69 Å². The molecule has 1 aromatic heterocycles. The zero-order valence-electron chi connectivity index (χ0n) is 17.1. The summed E-state index contributed by atoms with van der Waals surface area (Å²) in [6.07, 6.45) is 5.11. The van der Waals surface area contributed by atoms with E-state index in [0.717, 1.165) is 44.5 Å². The Labute approximate surface area is 172 Å². The third kappa shape index (κ3) is 5.47. The molecule has 1 amide bonds. The number of carbonyl (C=O) groups is 1. The smallest absolute Gasteiger partial charge is 0.251 e. The molecular weight excluding hydrogens is 364 g/mol. The van der Waals surface area contributed by atoms with Crippen molar-refractivity contribution in [3.8, 4) is 11.9 Å². The van der Waals surface area contributed by atoms with Gasteiger partial charge in [-0.25, -0.2) is 4.98 Å². The first kappa shape index (κ1) is 20.7. The minimum atomic E-state index is -0.0192. The van der Waals surface area contributed by atoms with E-state index in [1.54, 1.807) is 12.1 Å². The van der Waals surface area contributed by atoms with Gasteiger partial charge in [0.25, 0.3) is 5.91 Å². The number of carbonyl (C=O) groups excluding carboxylic acids is 1. The van der Waals surface area contributed by atoms with Crippen LogP contribution in [0.15, 0.2) is 42.6 Å². The van der Waals surface area contributed by atoms with Gasteiger partial charge >= 0.3 is 0 Å². The Morgan fingerprint density at radius 2 is 1.83 bits per heavy atom. The fourth-order valence-corrected chi connectivity index (χ4v) is 3.69. The SMILES string of the molecule is CCN(CC)c1ccc(C(=O)NC2CCC(Oc3ccc(C#N)cn3)CC2)cc1. The molecule has 0 unspecified atom stereocenters. The highest BCUT2D eigenvalue weighted by atomic mass is 16.5. The second-order valence-corrected chi connectivity index (χ2v) is 7.28. The van der Waals surface area contributed by atoms with E-state index in [2.05, 4.69) is 29.0 Å². The average molecular weight is 393 g/mol. The summed E-state index contributed by atoms with van der Waals surface area (Å²) in [5.74, 6) is 0.527. The molecule has 0 atom stereocenters. The molecule has 6 nitrogen and oxygen atoms in total. The standard InChI is InChI=1S/C23H28N4O2/c1-3-27(4-2)20-10-6-18(7-11-20)23(28)26-19-8-12-21(13-9-19)29-22-14-5-17(15-24)16-25-22/h5-7,10-11,14,16,19,21H,3-4,8-9,12-13H2,1-2H3,(H,26,28). The Morgan fingerprint density at radius 3 is 2.38 bits per heavy atom. The maximum atomic E-state index is 12.6. The van der Waals surface area contributed by atoms with Gasteiger partial charge in [0.05, 0.1) is 5.56 Å². The second kappa shape index (κ2) is 9.92. The molecule has 6 heteroatoms. The molecule has 1 saturated carbocycles. The highest BCUT2D eigenvalue weighted by molar-refractivity contribution is 5.94. The topological polar surface area (TPSA) is 78.3 Å². The maximum absolute atomic E-state index is 12.6. The van der Waals surface area contributed by atoms with Gasteiger partial charge in [-0.3, -0.25) is 4.79 Å². The van der Waals surface area contributed by atoms with E-state index in [9.17, 15) is 4.79 Å². The Kier molecular flexibility index (Phi) is 7.07. The number of hydrogen-bond donors (Lipinski definition) is 1. The van der Waals surface area contributed by atoms with Gasteiger partial charge in [-0.2, -0.15) is 5.26 Å². The van der Waals surface area contributed by atoms with Gasteiger partial charge in [0.2, 0.25) is 5.88 Å². The van der Waals surface area contributed by atoms with Crippen molar-refractivity contribution in [2.75, 3.05) is 18.0 Å². The van der Waals surface area contributed by atoms with Crippen LogP contribution in [-0.2, 0) is 0 Å². The van der Waals surface area contributed by atoms with E-state index >= 15 is 0 Å². The van der Waals surface area contributed by atoms with Crippen molar-refractivity contribution in [1.82, 2.24) is 10.3 Å². The van der Waals surface area contributed by atoms with Gasteiger partial charge in [-0.15, -0.1) is 0 Å². The van der Waals surface area contributed by atoms with Crippen molar-refractivity contribution in [3.63, 3.8) is 0 Å². The van der Waals surface area contributed by atoms with Crippen molar-refractivity contribution in [3.05, 3.63) is 53.7 Å². The lowest BCUT2D eigenvalue weighted by atomic mass is 9.92. The van der Waals surface area contributed by atoms with E-state index in [0.29, 0.717) is 17.0 Å². The van der Waals surface area contributed by atoms with Crippen LogP contribution in [0, 0.1) is 11.3 Å². The van der Waals surface area contributed by atoms with E-state index in [1.165, 1.54) is 6.20 Å². The quantitative estimate of drug-likeness (QED) is 0.773. The molecule has 1 N–H and O–H groups in total. The van der Waals surface area contributed by atoms with Crippen LogP contribution in [0.25, 0.3) is 0 Å². The van der Waals surface area contributed by atoms with Crippen LogP contribution in [0.1, 0.15) is 55.5 Å². The predicted octanol–water partition coefficient (Wildman–Crippen LogP) is 3.92. The van der Waals surface area contributed by atoms with Crippen molar-refractivity contribution < 1.29 is 9.53 Å². The average Bonchev–Trinajstić information content (AvgIpc) is 2.77. The van der Waals surface area contributed by atoms with Gasteiger partial charge in [-0.05, 0) is 69.9 Å². The van der Waals surface area contributed by atoms with E-state index in [-0.39, 0.29) is 18.1 Å². The Balaban J connectivity index is 1.47. The number of hydrogen-bond acceptors (Lipinski definition) is 5. The first-order chi connectivity index (χ1) is 14.1. The van der Waals surface area contributed by atoms with Gasteiger partial charge in [0, 0.05) is 42.6 Å². The lowest BCUT2D eigenvalue weighted by Gasteiger charge is -2.29. The molecule has 152 valence electrons. The lowest BCUT2D eigenvalue weighted by Crippen LogP contribution is -2.39. The number of nitriles is 1. The fourth-order valence-electron chi connectivity index (χ4n) is 3.69. The van der Waals surface area contributed by atoms with Crippen molar-refractivity contribution in [1.29, 1.82) is 5.26 Å². The number of rotatable bonds is 7. The number of amides is 1. The molecule has 1 aliphatic carbocycles. The van der Waals surface area contributed by atoms with Crippen LogP contribution < -0.4 is 15.0 Å². The number of nitrogens with zero attached hydrogens (tertiary/aromatic N) is 3. The zero-order chi connectivity index (χ0) is 20.6. The second-order valence-electron chi connectivity index (χ2n) is 7.28. The summed E-state index contributed by atoms with van der Waals surface area (Å²) >= 11 is 0. The largest absolute Gasteiger partial charge is 0.474 e. The number of pyridine rings is 1. The Bertz CT molecular complexity index is 831. The monoisotopic (exact) mass is 392 g/mol. The first-order valence-electron chi connectivity index (χ1n) is 10.3. The van der Waals surface area contributed by atoms with Crippen LogP contribution in [0.5, 0.6) is 5.88 Å². The van der Waals surface area contributed by atoms with Crippen LogP contribution in [-0.4, -0.2) is 36.1 Å². The highest BCUT2D eigenvalue weighted by Gasteiger charge is 2.24. The fraction of sp³-hybridized carbons (Fsp3) is 0.435.